The number of carboxylic acid groups (broad SMARTS) is 1. The van der Waals surface area contributed by atoms with Crippen molar-refractivity contribution in [1.29, 1.82) is 0 Å². The molecule has 0 saturated heterocycles. The van der Waals surface area contributed by atoms with E-state index in [2.05, 4.69) is 58.2 Å². The van der Waals surface area contributed by atoms with Crippen LogP contribution in [0.15, 0.2) is 24.5 Å². The Hall–Kier alpha value is -1.29. The molecule has 0 aliphatic heterocycles. The fourth-order valence-corrected chi connectivity index (χ4v) is 10.3. The van der Waals surface area contributed by atoms with E-state index in [1.807, 2.05) is 6.07 Å². The van der Waals surface area contributed by atoms with E-state index in [1.54, 1.807) is 6.08 Å². The molecule has 1 heterocycles. The summed E-state index contributed by atoms with van der Waals surface area (Å²) in [6.45, 7) is 13.9. The van der Waals surface area contributed by atoms with Crippen LogP contribution >= 0.6 is 0 Å². The molecule has 20 heavy (non-hydrogen) atoms. The fraction of sp³-hybridized carbons (Fsp3) is 0.562. The number of rotatable bonds is 6. The summed E-state index contributed by atoms with van der Waals surface area (Å²) in [5.41, 5.74) is 2.86. The molecule has 0 bridgehead atoms. The van der Waals surface area contributed by atoms with E-state index < -0.39 is 14.2 Å². The quantitative estimate of drug-likeness (QED) is 0.615. The van der Waals surface area contributed by atoms with Crippen LogP contribution in [0.4, 0.5) is 0 Å². The van der Waals surface area contributed by atoms with Gasteiger partial charge in [-0.05, 0) is 40.5 Å². The molecular weight excluding hydrogens is 266 g/mol. The lowest BCUT2D eigenvalue weighted by atomic mass is 10.3. The Morgan fingerprint density at radius 1 is 1.15 bits per heavy atom. The van der Waals surface area contributed by atoms with Crippen molar-refractivity contribution < 1.29 is 9.90 Å². The molecule has 1 rings (SSSR count). The minimum atomic E-state index is -1.70. The highest BCUT2D eigenvalue weighted by Crippen LogP contribution is 2.42. The maximum Gasteiger partial charge on any atom is 0.328 e. The molecule has 0 radical (unpaired) electrons. The van der Waals surface area contributed by atoms with Gasteiger partial charge in [0.2, 0.25) is 0 Å². The summed E-state index contributed by atoms with van der Waals surface area (Å²) in [4.78, 5) is 10.6. The van der Waals surface area contributed by atoms with Gasteiger partial charge in [0.05, 0.1) is 0 Å². The van der Waals surface area contributed by atoms with E-state index in [9.17, 15) is 4.79 Å². The molecule has 3 nitrogen and oxygen atoms in total. The molecule has 0 aliphatic rings. The predicted molar refractivity (Wildman–Crippen MR) is 87.5 cm³/mol. The average Bonchev–Trinajstić information content (AvgIpc) is 2.74. The first-order chi connectivity index (χ1) is 9.22. The Morgan fingerprint density at radius 2 is 1.65 bits per heavy atom. The van der Waals surface area contributed by atoms with E-state index in [0.717, 1.165) is 5.56 Å². The first-order valence-electron chi connectivity index (χ1n) is 7.32. The maximum absolute atomic E-state index is 10.6. The second-order valence-electron chi connectivity index (χ2n) is 6.38. The number of hydrogen-bond acceptors (Lipinski definition) is 1. The van der Waals surface area contributed by atoms with Crippen LogP contribution < -0.4 is 0 Å². The van der Waals surface area contributed by atoms with Gasteiger partial charge in [-0.1, -0.05) is 41.5 Å². The third-order valence-electron chi connectivity index (χ3n) is 4.36. The smallest absolute Gasteiger partial charge is 0.328 e. The molecule has 0 amide bonds. The largest absolute Gasteiger partial charge is 0.478 e. The minimum Gasteiger partial charge on any atom is -0.478 e. The van der Waals surface area contributed by atoms with Crippen LogP contribution in [0.5, 0.6) is 0 Å². The molecule has 0 spiro atoms. The summed E-state index contributed by atoms with van der Waals surface area (Å²) in [5.74, 6) is -0.905. The third-order valence-corrected chi connectivity index (χ3v) is 11.1. The van der Waals surface area contributed by atoms with Crippen molar-refractivity contribution in [2.45, 2.75) is 58.2 Å². The lowest BCUT2D eigenvalue weighted by Gasteiger charge is -2.44. The zero-order chi connectivity index (χ0) is 15.5. The monoisotopic (exact) mass is 293 g/mol. The van der Waals surface area contributed by atoms with E-state index in [-0.39, 0.29) is 0 Å². The second-order valence-corrected chi connectivity index (χ2v) is 12.1. The first-order valence-corrected chi connectivity index (χ1v) is 9.50. The van der Waals surface area contributed by atoms with Gasteiger partial charge in [-0.3, -0.25) is 0 Å². The van der Waals surface area contributed by atoms with E-state index >= 15 is 0 Å². The number of carbonyl (C=O) groups is 1. The second kappa shape index (κ2) is 6.44. The van der Waals surface area contributed by atoms with Crippen molar-refractivity contribution in [1.82, 2.24) is 4.23 Å². The summed E-state index contributed by atoms with van der Waals surface area (Å²) in [6, 6.07) is 2.01. The van der Waals surface area contributed by atoms with Crippen LogP contribution in [0.3, 0.4) is 0 Å². The topological polar surface area (TPSA) is 42.2 Å². The standard InChI is InChI=1S/C16H27NO2Si/c1-12(2)20(13(3)4,14(5)6)17-10-9-15(11-17)7-8-16(18)19/h7-14H,1-6H3,(H,18,19). The molecule has 1 aromatic heterocycles. The summed E-state index contributed by atoms with van der Waals surface area (Å²) >= 11 is 0. The predicted octanol–water partition coefficient (Wildman–Crippen LogP) is 4.61. The van der Waals surface area contributed by atoms with Gasteiger partial charge in [0, 0.05) is 12.3 Å². The summed E-state index contributed by atoms with van der Waals surface area (Å²) < 4.78 is 2.41. The molecule has 1 N–H and O–H groups in total. The molecule has 0 atom stereocenters. The highest BCUT2D eigenvalue weighted by molar-refractivity contribution is 6.82. The van der Waals surface area contributed by atoms with E-state index in [1.165, 1.54) is 6.08 Å². The molecule has 1 aromatic rings. The summed E-state index contributed by atoms with van der Waals surface area (Å²) in [6.07, 6.45) is 7.11. The van der Waals surface area contributed by atoms with E-state index in [0.29, 0.717) is 16.6 Å². The third kappa shape index (κ3) is 3.06. The SMILES string of the molecule is CC(C)[Si](C(C)C)(C(C)C)n1ccc(C=CC(=O)O)c1. The Kier molecular flexibility index (Phi) is 5.40. The fourth-order valence-electron chi connectivity index (χ4n) is 3.81. The average molecular weight is 293 g/mol. The Bertz CT molecular complexity index is 465. The van der Waals surface area contributed by atoms with Gasteiger partial charge in [0.1, 0.15) is 0 Å². The van der Waals surface area contributed by atoms with Crippen LogP contribution in [0.25, 0.3) is 6.08 Å². The summed E-state index contributed by atoms with van der Waals surface area (Å²) in [5, 5.41) is 8.72. The van der Waals surface area contributed by atoms with Crippen molar-refractivity contribution in [2.75, 3.05) is 0 Å². The van der Waals surface area contributed by atoms with Crippen molar-refractivity contribution >= 4 is 20.3 Å². The molecule has 112 valence electrons. The first kappa shape index (κ1) is 16.8. The highest BCUT2D eigenvalue weighted by Gasteiger charge is 2.44. The van der Waals surface area contributed by atoms with Crippen molar-refractivity contribution in [2.24, 2.45) is 0 Å². The number of aliphatic carboxylic acids is 1. The number of nitrogens with zero attached hydrogens (tertiary/aromatic N) is 1. The lowest BCUT2D eigenvalue weighted by Crippen LogP contribution is -2.51. The number of aromatic nitrogens is 1. The van der Waals surface area contributed by atoms with Gasteiger partial charge in [-0.2, -0.15) is 0 Å². The van der Waals surface area contributed by atoms with E-state index in [4.69, 9.17) is 5.11 Å². The normalized spacial score (nSPS) is 13.1. The Balaban J connectivity index is 3.26. The van der Waals surface area contributed by atoms with Gasteiger partial charge < -0.3 is 9.34 Å². The van der Waals surface area contributed by atoms with Crippen LogP contribution in [-0.2, 0) is 4.79 Å². The molecule has 4 heteroatoms. The highest BCUT2D eigenvalue weighted by atomic mass is 28.3. The van der Waals surface area contributed by atoms with Crippen LogP contribution in [0.2, 0.25) is 16.6 Å². The van der Waals surface area contributed by atoms with Gasteiger partial charge >= 0.3 is 5.97 Å². The minimum absolute atomic E-state index is 0.631. The van der Waals surface area contributed by atoms with Gasteiger partial charge in [0.15, 0.2) is 8.24 Å². The zero-order valence-electron chi connectivity index (χ0n) is 13.4. The van der Waals surface area contributed by atoms with Crippen molar-refractivity contribution in [3.8, 4) is 0 Å². The number of hydrogen-bond donors (Lipinski definition) is 1. The maximum atomic E-state index is 10.6. The molecule has 0 aliphatic carbocycles. The molecular formula is C16H27NO2Si. The Morgan fingerprint density at radius 3 is 2.05 bits per heavy atom. The van der Waals surface area contributed by atoms with Crippen molar-refractivity contribution in [3.05, 3.63) is 30.1 Å². The molecule has 0 aromatic carbocycles. The lowest BCUT2D eigenvalue weighted by molar-refractivity contribution is -0.131. The van der Waals surface area contributed by atoms with Gasteiger partial charge in [-0.25, -0.2) is 4.79 Å². The number of carboxylic acids is 1. The zero-order valence-corrected chi connectivity index (χ0v) is 14.4. The molecule has 0 fully saturated rings. The van der Waals surface area contributed by atoms with Crippen molar-refractivity contribution in [3.63, 3.8) is 0 Å². The van der Waals surface area contributed by atoms with Gasteiger partial charge in [-0.15, -0.1) is 0 Å². The van der Waals surface area contributed by atoms with Crippen LogP contribution in [0.1, 0.15) is 47.1 Å². The van der Waals surface area contributed by atoms with Gasteiger partial charge in [0.25, 0.3) is 0 Å². The van der Waals surface area contributed by atoms with Crippen LogP contribution in [-0.4, -0.2) is 23.5 Å². The Labute approximate surface area is 123 Å². The molecule has 0 unspecified atom stereocenters. The molecule has 0 saturated carbocycles. The van der Waals surface area contributed by atoms with Crippen LogP contribution in [0, 0.1) is 0 Å². The summed E-state index contributed by atoms with van der Waals surface area (Å²) in [7, 11) is -1.70.